The fourth-order valence-electron chi connectivity index (χ4n) is 0.433. The third-order valence-electron chi connectivity index (χ3n) is 1.01. The van der Waals surface area contributed by atoms with E-state index in [0.29, 0.717) is 0 Å². The first-order valence-electron chi connectivity index (χ1n) is 2.78. The van der Waals surface area contributed by atoms with Gasteiger partial charge in [0.1, 0.15) is 15.6 Å². The van der Waals surface area contributed by atoms with Gasteiger partial charge in [-0.15, -0.1) is 0 Å². The summed E-state index contributed by atoms with van der Waals surface area (Å²) in [6.07, 6.45) is 0. The first-order chi connectivity index (χ1) is 4.15. The van der Waals surface area contributed by atoms with Crippen molar-refractivity contribution >= 4 is 10.1 Å². The number of hydrogen-bond acceptors (Lipinski definition) is 4. The molecule has 0 aromatic carbocycles. The fraction of sp³-hybridized carbons (Fsp3) is 1.00. The third kappa shape index (κ3) is 2.64. The summed E-state index contributed by atoms with van der Waals surface area (Å²) in [7, 11) is -4.55. The molecular formula is C5H11O4S-. The van der Waals surface area contributed by atoms with Crippen LogP contribution in [-0.4, -0.2) is 23.5 Å². The van der Waals surface area contributed by atoms with Crippen LogP contribution in [-0.2, 0) is 10.1 Å². The van der Waals surface area contributed by atoms with Crippen LogP contribution in [0.25, 0.3) is 0 Å². The van der Waals surface area contributed by atoms with Gasteiger partial charge in [0.2, 0.25) is 0 Å². The molecule has 1 unspecified atom stereocenters. The monoisotopic (exact) mass is 167 g/mol. The summed E-state index contributed by atoms with van der Waals surface area (Å²) in [5.41, 5.74) is -2.72. The van der Waals surface area contributed by atoms with Crippen molar-refractivity contribution in [2.24, 2.45) is 5.41 Å². The molecule has 4 nitrogen and oxygen atoms in total. The molecule has 0 rings (SSSR count). The van der Waals surface area contributed by atoms with Crippen LogP contribution < -0.4 is 0 Å². The molecule has 5 heteroatoms. The van der Waals surface area contributed by atoms with Gasteiger partial charge in [-0.2, -0.15) is 0 Å². The van der Waals surface area contributed by atoms with Gasteiger partial charge >= 0.3 is 0 Å². The van der Waals surface area contributed by atoms with Gasteiger partial charge in [-0.25, -0.2) is 8.42 Å². The van der Waals surface area contributed by atoms with Gasteiger partial charge in [0, 0.05) is 5.41 Å². The van der Waals surface area contributed by atoms with Crippen LogP contribution >= 0.6 is 0 Å². The maximum absolute atomic E-state index is 10.2. The summed E-state index contributed by atoms with van der Waals surface area (Å²) in [4.78, 5) is 0. The topological polar surface area (TPSA) is 77.4 Å². The van der Waals surface area contributed by atoms with Crippen molar-refractivity contribution in [2.75, 3.05) is 0 Å². The van der Waals surface area contributed by atoms with E-state index < -0.39 is 21.0 Å². The molecule has 1 atom stereocenters. The molecule has 0 spiro atoms. The summed E-state index contributed by atoms with van der Waals surface area (Å²) in [5.74, 6) is 0. The molecule has 0 saturated heterocycles. The second-order valence-corrected chi connectivity index (χ2v) is 4.64. The Morgan fingerprint density at radius 3 is 1.70 bits per heavy atom. The average Bonchev–Trinajstić information content (AvgIpc) is 1.59. The molecule has 0 amide bonds. The Bertz CT molecular complexity index is 198. The minimum Gasteiger partial charge on any atom is -0.746 e. The van der Waals surface area contributed by atoms with Crippen molar-refractivity contribution in [1.29, 1.82) is 0 Å². The highest BCUT2D eigenvalue weighted by molar-refractivity contribution is 7.86. The number of rotatable bonds is 1. The van der Waals surface area contributed by atoms with Gasteiger partial charge in [-0.1, -0.05) is 20.8 Å². The van der Waals surface area contributed by atoms with E-state index >= 15 is 0 Å². The van der Waals surface area contributed by atoms with E-state index in [9.17, 15) is 13.0 Å². The minimum absolute atomic E-state index is 0.902. The number of hydrogen-bond donors (Lipinski definition) is 1. The average molecular weight is 167 g/mol. The Morgan fingerprint density at radius 2 is 1.70 bits per heavy atom. The molecule has 0 aliphatic carbocycles. The molecule has 0 aromatic heterocycles. The van der Waals surface area contributed by atoms with Crippen LogP contribution in [0.4, 0.5) is 0 Å². The lowest BCUT2D eigenvalue weighted by atomic mass is 9.98. The smallest absolute Gasteiger partial charge is 0.148 e. The lowest BCUT2D eigenvalue weighted by Gasteiger charge is -2.27. The second-order valence-electron chi connectivity index (χ2n) is 3.21. The molecule has 0 heterocycles. The summed E-state index contributed by atoms with van der Waals surface area (Å²) in [5, 5.41) is 8.82. The molecule has 0 aliphatic heterocycles. The van der Waals surface area contributed by atoms with Crippen molar-refractivity contribution in [3.05, 3.63) is 0 Å². The zero-order chi connectivity index (χ0) is 8.58. The standard InChI is InChI=1S/C5H12O4S/c1-5(2,3)4(6)10(7,8)9/h4,6H,1-3H3,(H,7,8,9)/p-1. The highest BCUT2D eigenvalue weighted by Crippen LogP contribution is 2.22. The van der Waals surface area contributed by atoms with E-state index in [1.807, 2.05) is 0 Å². The fourth-order valence-corrected chi connectivity index (χ4v) is 1.30. The van der Waals surface area contributed by atoms with Crippen molar-refractivity contribution in [3.63, 3.8) is 0 Å². The van der Waals surface area contributed by atoms with Crippen molar-refractivity contribution in [1.82, 2.24) is 0 Å². The minimum atomic E-state index is -4.55. The highest BCUT2D eigenvalue weighted by atomic mass is 32.2. The largest absolute Gasteiger partial charge is 0.746 e. The normalized spacial score (nSPS) is 16.9. The van der Waals surface area contributed by atoms with E-state index in [2.05, 4.69) is 0 Å². The van der Waals surface area contributed by atoms with Gasteiger partial charge in [-0.3, -0.25) is 0 Å². The first kappa shape index (κ1) is 9.87. The molecule has 10 heavy (non-hydrogen) atoms. The quantitative estimate of drug-likeness (QED) is 0.553. The first-order valence-corrected chi connectivity index (χ1v) is 4.25. The maximum atomic E-state index is 10.2. The molecule has 0 bridgehead atoms. The van der Waals surface area contributed by atoms with Crippen LogP contribution in [0.2, 0.25) is 0 Å². The van der Waals surface area contributed by atoms with E-state index in [1.54, 1.807) is 0 Å². The van der Waals surface area contributed by atoms with Crippen LogP contribution in [0.5, 0.6) is 0 Å². The van der Waals surface area contributed by atoms with Gasteiger partial charge < -0.3 is 9.66 Å². The lowest BCUT2D eigenvalue weighted by Crippen LogP contribution is -2.33. The van der Waals surface area contributed by atoms with E-state index in [-0.39, 0.29) is 0 Å². The van der Waals surface area contributed by atoms with Crippen molar-refractivity contribution in [3.8, 4) is 0 Å². The Balaban J connectivity index is 4.56. The summed E-state index contributed by atoms with van der Waals surface area (Å²) < 4.78 is 30.5. The van der Waals surface area contributed by atoms with Gasteiger partial charge in [0.15, 0.2) is 0 Å². The SMILES string of the molecule is CC(C)(C)C(O)S(=O)(=O)[O-]. The molecule has 0 radical (unpaired) electrons. The Morgan fingerprint density at radius 1 is 1.40 bits per heavy atom. The Hall–Kier alpha value is -0.130. The molecule has 1 N–H and O–H groups in total. The van der Waals surface area contributed by atoms with Crippen LogP contribution in [0, 0.1) is 5.41 Å². The van der Waals surface area contributed by atoms with Gasteiger partial charge in [-0.05, 0) is 0 Å². The highest BCUT2D eigenvalue weighted by Gasteiger charge is 2.27. The molecule has 0 saturated carbocycles. The molecule has 0 aliphatic rings. The lowest BCUT2D eigenvalue weighted by molar-refractivity contribution is 0.121. The number of aliphatic hydroxyl groups excluding tert-OH is 1. The van der Waals surface area contributed by atoms with E-state index in [4.69, 9.17) is 5.11 Å². The van der Waals surface area contributed by atoms with E-state index in [0.717, 1.165) is 0 Å². The number of aliphatic hydroxyl groups is 1. The summed E-state index contributed by atoms with van der Waals surface area (Å²) in [6, 6.07) is 0. The van der Waals surface area contributed by atoms with Gasteiger partial charge in [0.05, 0.1) is 0 Å². The second kappa shape index (κ2) is 2.48. The van der Waals surface area contributed by atoms with Crippen molar-refractivity contribution < 1.29 is 18.1 Å². The molecule has 62 valence electrons. The maximum Gasteiger partial charge on any atom is 0.148 e. The Labute approximate surface area is 60.6 Å². The predicted octanol–water partition coefficient (Wildman–Crippen LogP) is -0.104. The molecular weight excluding hydrogens is 156 g/mol. The summed E-state index contributed by atoms with van der Waals surface area (Å²) >= 11 is 0. The van der Waals surface area contributed by atoms with Crippen LogP contribution in [0.3, 0.4) is 0 Å². The Kier molecular flexibility index (Phi) is 2.45. The molecule has 0 fully saturated rings. The predicted molar refractivity (Wildman–Crippen MR) is 35.2 cm³/mol. The van der Waals surface area contributed by atoms with Crippen LogP contribution in [0.1, 0.15) is 20.8 Å². The van der Waals surface area contributed by atoms with Gasteiger partial charge in [0.25, 0.3) is 0 Å². The van der Waals surface area contributed by atoms with E-state index in [1.165, 1.54) is 20.8 Å². The van der Waals surface area contributed by atoms with Crippen molar-refractivity contribution in [2.45, 2.75) is 26.2 Å². The zero-order valence-electron chi connectivity index (χ0n) is 6.16. The molecule has 0 aromatic rings. The zero-order valence-corrected chi connectivity index (χ0v) is 6.97. The third-order valence-corrected chi connectivity index (χ3v) is 2.27. The summed E-state index contributed by atoms with van der Waals surface area (Å²) in [6.45, 7) is 4.44. The van der Waals surface area contributed by atoms with Crippen LogP contribution in [0.15, 0.2) is 0 Å².